The fraction of sp³-hybridized carbons (Fsp3) is 0.294. The number of carbonyl (C=O) groups is 1. The maximum absolute atomic E-state index is 12.0. The van der Waals surface area contributed by atoms with E-state index in [0.717, 1.165) is 35.5 Å². The van der Waals surface area contributed by atoms with Crippen molar-refractivity contribution in [2.24, 2.45) is 0 Å². The van der Waals surface area contributed by atoms with Gasteiger partial charge in [-0.1, -0.05) is 12.1 Å². The van der Waals surface area contributed by atoms with E-state index < -0.39 is 0 Å². The number of rotatable bonds is 5. The number of carbonyl (C=O) groups excluding carboxylic acids is 1. The number of nitrogens with zero attached hydrogens (tertiary/aromatic N) is 4. The molecular weight excluding hydrogens is 290 g/mol. The molecule has 0 saturated carbocycles. The standard InChI is InChI=1S/C17H19N5O/c1-12-10-20-15(11-19-12)17(23)18-8-5-9-22-13(2)21-14-6-3-4-7-16(14)22/h3-4,6-7,10-11H,5,8-9H2,1-2H3,(H,18,23). The second-order valence-corrected chi connectivity index (χ2v) is 5.45. The van der Waals surface area contributed by atoms with Gasteiger partial charge in [0.05, 0.1) is 22.9 Å². The molecule has 0 saturated heterocycles. The summed E-state index contributed by atoms with van der Waals surface area (Å²) in [6.45, 7) is 5.24. The number of amides is 1. The van der Waals surface area contributed by atoms with Gasteiger partial charge >= 0.3 is 0 Å². The quantitative estimate of drug-likeness (QED) is 0.734. The van der Waals surface area contributed by atoms with Crippen LogP contribution in [0.3, 0.4) is 0 Å². The van der Waals surface area contributed by atoms with Gasteiger partial charge in [-0.05, 0) is 32.4 Å². The van der Waals surface area contributed by atoms with Gasteiger partial charge in [0.1, 0.15) is 11.5 Å². The number of fused-ring (bicyclic) bond motifs is 1. The Kier molecular flexibility index (Phi) is 4.32. The van der Waals surface area contributed by atoms with E-state index in [-0.39, 0.29) is 5.91 Å². The van der Waals surface area contributed by atoms with Crippen molar-refractivity contribution in [1.29, 1.82) is 0 Å². The van der Waals surface area contributed by atoms with E-state index in [2.05, 4.69) is 30.9 Å². The number of hydrogen-bond donors (Lipinski definition) is 1. The monoisotopic (exact) mass is 309 g/mol. The van der Waals surface area contributed by atoms with E-state index in [9.17, 15) is 4.79 Å². The topological polar surface area (TPSA) is 72.7 Å². The van der Waals surface area contributed by atoms with Gasteiger partial charge in [-0.3, -0.25) is 9.78 Å². The van der Waals surface area contributed by atoms with Gasteiger partial charge in [-0.25, -0.2) is 9.97 Å². The average Bonchev–Trinajstić information content (AvgIpc) is 2.87. The summed E-state index contributed by atoms with van der Waals surface area (Å²) < 4.78 is 2.17. The predicted octanol–water partition coefficient (Wildman–Crippen LogP) is 2.26. The second-order valence-electron chi connectivity index (χ2n) is 5.45. The highest BCUT2D eigenvalue weighted by molar-refractivity contribution is 5.91. The van der Waals surface area contributed by atoms with Crippen molar-refractivity contribution in [3.63, 3.8) is 0 Å². The number of hydrogen-bond acceptors (Lipinski definition) is 4. The highest BCUT2D eigenvalue weighted by atomic mass is 16.1. The largest absolute Gasteiger partial charge is 0.351 e. The summed E-state index contributed by atoms with van der Waals surface area (Å²) in [4.78, 5) is 24.7. The maximum atomic E-state index is 12.0. The minimum absolute atomic E-state index is 0.190. The molecule has 0 aliphatic rings. The zero-order valence-electron chi connectivity index (χ0n) is 13.3. The van der Waals surface area contributed by atoms with Crippen molar-refractivity contribution in [3.8, 4) is 0 Å². The van der Waals surface area contributed by atoms with E-state index in [1.54, 1.807) is 6.20 Å². The zero-order chi connectivity index (χ0) is 16.2. The smallest absolute Gasteiger partial charge is 0.271 e. The molecule has 0 aliphatic heterocycles. The van der Waals surface area contributed by atoms with E-state index in [1.807, 2.05) is 32.0 Å². The Morgan fingerprint density at radius 1 is 1.17 bits per heavy atom. The lowest BCUT2D eigenvalue weighted by molar-refractivity contribution is 0.0947. The van der Waals surface area contributed by atoms with E-state index in [1.165, 1.54) is 6.20 Å². The molecule has 1 N–H and O–H groups in total. The van der Waals surface area contributed by atoms with Gasteiger partial charge in [0.2, 0.25) is 0 Å². The fourth-order valence-electron chi connectivity index (χ4n) is 2.52. The maximum Gasteiger partial charge on any atom is 0.271 e. The van der Waals surface area contributed by atoms with Crippen LogP contribution in [0.2, 0.25) is 0 Å². The van der Waals surface area contributed by atoms with Crippen molar-refractivity contribution in [1.82, 2.24) is 24.8 Å². The molecule has 1 amide bonds. The number of benzene rings is 1. The van der Waals surface area contributed by atoms with E-state index in [4.69, 9.17) is 0 Å². The normalized spacial score (nSPS) is 10.9. The first-order chi connectivity index (χ1) is 11.1. The summed E-state index contributed by atoms with van der Waals surface area (Å²) in [5.74, 6) is 0.798. The Labute approximate surface area is 134 Å². The highest BCUT2D eigenvalue weighted by Gasteiger charge is 2.08. The van der Waals surface area contributed by atoms with Crippen molar-refractivity contribution < 1.29 is 4.79 Å². The van der Waals surface area contributed by atoms with Crippen LogP contribution in [0.15, 0.2) is 36.7 Å². The van der Waals surface area contributed by atoms with Gasteiger partial charge in [-0.2, -0.15) is 0 Å². The molecule has 0 unspecified atom stereocenters. The molecule has 2 heterocycles. The van der Waals surface area contributed by atoms with Crippen LogP contribution in [-0.2, 0) is 6.54 Å². The predicted molar refractivity (Wildman–Crippen MR) is 88.2 cm³/mol. The van der Waals surface area contributed by atoms with Crippen LogP contribution in [0.1, 0.15) is 28.4 Å². The third kappa shape index (κ3) is 3.36. The van der Waals surface area contributed by atoms with Crippen molar-refractivity contribution in [3.05, 3.63) is 53.9 Å². The van der Waals surface area contributed by atoms with Gasteiger partial charge in [0.25, 0.3) is 5.91 Å². The molecule has 0 fully saturated rings. The molecule has 0 atom stereocenters. The van der Waals surface area contributed by atoms with Gasteiger partial charge < -0.3 is 9.88 Å². The van der Waals surface area contributed by atoms with E-state index >= 15 is 0 Å². The highest BCUT2D eigenvalue weighted by Crippen LogP contribution is 2.15. The molecule has 1 aromatic carbocycles. The number of nitrogens with one attached hydrogen (secondary N) is 1. The first kappa shape index (κ1) is 15.1. The Hall–Kier alpha value is -2.76. The first-order valence-electron chi connectivity index (χ1n) is 7.64. The van der Waals surface area contributed by atoms with Crippen molar-refractivity contribution in [2.45, 2.75) is 26.8 Å². The van der Waals surface area contributed by atoms with Crippen LogP contribution >= 0.6 is 0 Å². The average molecular weight is 309 g/mol. The molecule has 3 aromatic rings. The lowest BCUT2D eigenvalue weighted by atomic mass is 10.3. The SMILES string of the molecule is Cc1cnc(C(=O)NCCCn2c(C)nc3ccccc32)cn1. The van der Waals surface area contributed by atoms with Crippen LogP contribution < -0.4 is 5.32 Å². The molecule has 23 heavy (non-hydrogen) atoms. The Balaban J connectivity index is 1.56. The summed E-state index contributed by atoms with van der Waals surface area (Å²) in [5, 5.41) is 2.87. The number of imidazole rings is 1. The summed E-state index contributed by atoms with van der Waals surface area (Å²) in [5.41, 5.74) is 3.27. The summed E-state index contributed by atoms with van der Waals surface area (Å²) in [7, 11) is 0. The van der Waals surface area contributed by atoms with Gasteiger partial charge in [-0.15, -0.1) is 0 Å². The lowest BCUT2D eigenvalue weighted by Gasteiger charge is -2.08. The number of para-hydroxylation sites is 2. The Bertz CT molecular complexity index is 823. The number of aromatic nitrogens is 4. The van der Waals surface area contributed by atoms with Crippen molar-refractivity contribution >= 4 is 16.9 Å². The Morgan fingerprint density at radius 2 is 2.00 bits per heavy atom. The summed E-state index contributed by atoms with van der Waals surface area (Å²) in [6.07, 6.45) is 3.92. The van der Waals surface area contributed by atoms with Crippen LogP contribution in [0, 0.1) is 13.8 Å². The molecule has 3 rings (SSSR count). The molecule has 6 nitrogen and oxygen atoms in total. The molecule has 2 aromatic heterocycles. The molecular formula is C17H19N5O. The Morgan fingerprint density at radius 3 is 2.78 bits per heavy atom. The van der Waals surface area contributed by atoms with Crippen molar-refractivity contribution in [2.75, 3.05) is 6.54 Å². The number of aryl methyl sites for hydroxylation is 3. The van der Waals surface area contributed by atoms with Crippen LogP contribution in [-0.4, -0.2) is 32.0 Å². The summed E-state index contributed by atoms with van der Waals surface area (Å²) >= 11 is 0. The third-order valence-corrected chi connectivity index (χ3v) is 3.70. The fourth-order valence-corrected chi connectivity index (χ4v) is 2.52. The summed E-state index contributed by atoms with van der Waals surface area (Å²) in [6, 6.07) is 8.08. The third-order valence-electron chi connectivity index (χ3n) is 3.70. The first-order valence-corrected chi connectivity index (χ1v) is 7.64. The molecule has 0 aliphatic carbocycles. The lowest BCUT2D eigenvalue weighted by Crippen LogP contribution is -2.26. The zero-order valence-corrected chi connectivity index (χ0v) is 13.3. The van der Waals surface area contributed by atoms with Gasteiger partial charge in [0, 0.05) is 19.3 Å². The molecule has 0 radical (unpaired) electrons. The molecule has 0 bridgehead atoms. The van der Waals surface area contributed by atoms with Crippen LogP contribution in [0.5, 0.6) is 0 Å². The molecule has 0 spiro atoms. The minimum Gasteiger partial charge on any atom is -0.351 e. The molecule has 6 heteroatoms. The molecule has 118 valence electrons. The van der Waals surface area contributed by atoms with Crippen LogP contribution in [0.25, 0.3) is 11.0 Å². The van der Waals surface area contributed by atoms with E-state index in [0.29, 0.717) is 12.2 Å². The van der Waals surface area contributed by atoms with Crippen LogP contribution in [0.4, 0.5) is 0 Å². The second kappa shape index (κ2) is 6.56. The van der Waals surface area contributed by atoms with Gasteiger partial charge in [0.15, 0.2) is 0 Å². The minimum atomic E-state index is -0.190.